The zero-order chi connectivity index (χ0) is 10.0. The molecule has 1 aromatic carbocycles. The quantitative estimate of drug-likeness (QED) is 0.598. The van der Waals surface area contributed by atoms with Crippen LogP contribution in [0.25, 0.3) is 0 Å². The highest BCUT2D eigenvalue weighted by Crippen LogP contribution is 2.27. The van der Waals surface area contributed by atoms with Gasteiger partial charge in [-0.1, -0.05) is 11.6 Å². The Kier molecular flexibility index (Phi) is 3.19. The Hall–Kier alpha value is -0.710. The highest BCUT2D eigenvalue weighted by atomic mass is 35.5. The van der Waals surface area contributed by atoms with Gasteiger partial charge in [-0.25, -0.2) is 14.7 Å². The third kappa shape index (κ3) is 1.96. The summed E-state index contributed by atoms with van der Waals surface area (Å²) in [6, 6.07) is 2.20. The number of nitrogens with two attached hydrogens (primary N) is 1. The van der Waals surface area contributed by atoms with Crippen molar-refractivity contribution in [2.75, 3.05) is 0 Å². The van der Waals surface area contributed by atoms with Crippen LogP contribution in [0.1, 0.15) is 18.6 Å². The van der Waals surface area contributed by atoms with Crippen molar-refractivity contribution in [1.29, 1.82) is 0 Å². The zero-order valence-electron chi connectivity index (χ0n) is 6.85. The van der Waals surface area contributed by atoms with Crippen LogP contribution >= 0.6 is 11.6 Å². The van der Waals surface area contributed by atoms with E-state index >= 15 is 0 Å². The van der Waals surface area contributed by atoms with Gasteiger partial charge in [-0.15, -0.1) is 0 Å². The van der Waals surface area contributed by atoms with Crippen molar-refractivity contribution in [1.82, 2.24) is 0 Å². The summed E-state index contributed by atoms with van der Waals surface area (Å²) in [5, 5.41) is -0.152. The van der Waals surface area contributed by atoms with Gasteiger partial charge in [0.25, 0.3) is 0 Å². The minimum atomic E-state index is -0.862. The van der Waals surface area contributed by atoms with Gasteiger partial charge in [0.05, 0.1) is 10.6 Å². The predicted octanol–water partition coefficient (Wildman–Crippen LogP) is 2.57. The second kappa shape index (κ2) is 4.00. The van der Waals surface area contributed by atoms with Crippen molar-refractivity contribution in [2.24, 2.45) is 5.90 Å². The molecule has 1 aromatic rings. The van der Waals surface area contributed by atoms with Gasteiger partial charge in [-0.3, -0.25) is 4.84 Å². The summed E-state index contributed by atoms with van der Waals surface area (Å²) in [5.74, 6) is 3.26. The molecule has 0 heterocycles. The molecule has 0 aliphatic rings. The molecule has 0 radical (unpaired) electrons. The molecule has 1 atom stereocenters. The zero-order valence-corrected chi connectivity index (χ0v) is 7.61. The van der Waals surface area contributed by atoms with E-state index in [2.05, 4.69) is 4.84 Å². The first kappa shape index (κ1) is 10.4. The summed E-state index contributed by atoms with van der Waals surface area (Å²) in [7, 11) is 0. The fourth-order valence-electron chi connectivity index (χ4n) is 0.983. The molecule has 0 aromatic heterocycles. The lowest BCUT2D eigenvalue weighted by molar-refractivity contribution is 0.0611. The third-order valence-corrected chi connectivity index (χ3v) is 1.98. The molecular formula is C8H8ClF2NO. The summed E-state index contributed by atoms with van der Waals surface area (Å²) < 4.78 is 26.2. The molecule has 0 bridgehead atoms. The topological polar surface area (TPSA) is 35.2 Å². The summed E-state index contributed by atoms with van der Waals surface area (Å²) in [6.45, 7) is 1.43. The van der Waals surface area contributed by atoms with E-state index < -0.39 is 17.7 Å². The average molecular weight is 208 g/mol. The van der Waals surface area contributed by atoms with Crippen molar-refractivity contribution in [3.63, 3.8) is 0 Å². The molecule has 1 rings (SSSR count). The van der Waals surface area contributed by atoms with Gasteiger partial charge in [-0.2, -0.15) is 0 Å². The lowest BCUT2D eigenvalue weighted by Gasteiger charge is -2.11. The maximum atomic E-state index is 13.2. The first-order valence-corrected chi connectivity index (χ1v) is 3.94. The molecule has 5 heteroatoms. The van der Waals surface area contributed by atoms with Crippen molar-refractivity contribution in [3.05, 3.63) is 34.4 Å². The largest absolute Gasteiger partial charge is 0.297 e. The van der Waals surface area contributed by atoms with Gasteiger partial charge in [0, 0.05) is 0 Å². The molecule has 0 saturated heterocycles. The summed E-state index contributed by atoms with van der Waals surface area (Å²) in [6.07, 6.45) is -0.862. The van der Waals surface area contributed by atoms with Crippen LogP contribution < -0.4 is 5.90 Å². The Morgan fingerprint density at radius 2 is 2.08 bits per heavy atom. The van der Waals surface area contributed by atoms with Crippen molar-refractivity contribution >= 4 is 11.6 Å². The standard InChI is InChI=1S/C8H8ClF2NO/c1-4(13-12)7-6(10)3-2-5(9)8(7)11/h2-4H,12H2,1H3. The van der Waals surface area contributed by atoms with E-state index in [-0.39, 0.29) is 10.6 Å². The SMILES string of the molecule is CC(ON)c1c(F)ccc(Cl)c1F. The van der Waals surface area contributed by atoms with Gasteiger partial charge < -0.3 is 0 Å². The van der Waals surface area contributed by atoms with Crippen molar-refractivity contribution in [3.8, 4) is 0 Å². The predicted molar refractivity (Wildman–Crippen MR) is 45.1 cm³/mol. The third-order valence-electron chi connectivity index (χ3n) is 1.69. The fourth-order valence-corrected chi connectivity index (χ4v) is 1.15. The van der Waals surface area contributed by atoms with E-state index in [9.17, 15) is 8.78 Å². The molecule has 0 aliphatic carbocycles. The minimum Gasteiger partial charge on any atom is -0.297 e. The highest BCUT2D eigenvalue weighted by Gasteiger charge is 2.18. The molecule has 0 saturated carbocycles. The molecule has 13 heavy (non-hydrogen) atoms. The van der Waals surface area contributed by atoms with Gasteiger partial charge >= 0.3 is 0 Å². The fraction of sp³-hybridized carbons (Fsp3) is 0.250. The van der Waals surface area contributed by atoms with Crippen LogP contribution in [0.5, 0.6) is 0 Å². The van der Waals surface area contributed by atoms with Gasteiger partial charge in [-0.05, 0) is 19.1 Å². The summed E-state index contributed by atoms with van der Waals surface area (Å²) >= 11 is 5.45. The van der Waals surface area contributed by atoms with Gasteiger partial charge in [0.1, 0.15) is 11.9 Å². The molecular weight excluding hydrogens is 200 g/mol. The van der Waals surface area contributed by atoms with Crippen LogP contribution in [0.3, 0.4) is 0 Å². The molecule has 1 unspecified atom stereocenters. The lowest BCUT2D eigenvalue weighted by Crippen LogP contribution is -2.09. The van der Waals surface area contributed by atoms with E-state index in [0.717, 1.165) is 12.1 Å². The molecule has 0 amide bonds. The number of hydrogen-bond donors (Lipinski definition) is 1. The summed E-state index contributed by atoms with van der Waals surface area (Å²) in [5.41, 5.74) is -0.255. The van der Waals surface area contributed by atoms with Crippen molar-refractivity contribution < 1.29 is 13.6 Å². The second-order valence-corrected chi connectivity index (χ2v) is 2.94. The molecule has 0 aliphatic heterocycles. The number of benzene rings is 1. The molecule has 72 valence electrons. The first-order valence-electron chi connectivity index (χ1n) is 3.57. The molecule has 2 N–H and O–H groups in total. The van der Waals surface area contributed by atoms with E-state index in [1.54, 1.807) is 0 Å². The van der Waals surface area contributed by atoms with Crippen LogP contribution in [-0.2, 0) is 4.84 Å². The Bertz CT molecular complexity index is 319. The smallest absolute Gasteiger partial charge is 0.150 e. The van der Waals surface area contributed by atoms with Crippen LogP contribution in [0.15, 0.2) is 12.1 Å². The average Bonchev–Trinajstić information content (AvgIpc) is 2.12. The maximum absolute atomic E-state index is 13.2. The Balaban J connectivity index is 3.25. The van der Waals surface area contributed by atoms with Gasteiger partial charge in [0.2, 0.25) is 0 Å². The molecule has 2 nitrogen and oxygen atoms in total. The van der Waals surface area contributed by atoms with E-state index in [4.69, 9.17) is 17.5 Å². The van der Waals surface area contributed by atoms with Crippen LogP contribution in [0.2, 0.25) is 5.02 Å². The monoisotopic (exact) mass is 207 g/mol. The Morgan fingerprint density at radius 1 is 1.46 bits per heavy atom. The number of halogens is 3. The molecule has 0 fully saturated rings. The molecule has 0 spiro atoms. The van der Waals surface area contributed by atoms with E-state index in [1.807, 2.05) is 0 Å². The van der Waals surface area contributed by atoms with Crippen LogP contribution in [0, 0.1) is 11.6 Å². The van der Waals surface area contributed by atoms with Gasteiger partial charge in [0.15, 0.2) is 5.82 Å². The van der Waals surface area contributed by atoms with Crippen LogP contribution in [-0.4, -0.2) is 0 Å². The lowest BCUT2D eigenvalue weighted by atomic mass is 10.1. The first-order chi connectivity index (χ1) is 6.07. The number of rotatable bonds is 2. The maximum Gasteiger partial charge on any atom is 0.150 e. The Labute approximate surface area is 79.2 Å². The second-order valence-electron chi connectivity index (χ2n) is 2.54. The van der Waals surface area contributed by atoms with E-state index in [0.29, 0.717) is 0 Å². The van der Waals surface area contributed by atoms with E-state index in [1.165, 1.54) is 6.92 Å². The van der Waals surface area contributed by atoms with Crippen LogP contribution in [0.4, 0.5) is 8.78 Å². The number of hydrogen-bond acceptors (Lipinski definition) is 2. The normalized spacial score (nSPS) is 13.0. The minimum absolute atomic E-state index is 0.152. The van der Waals surface area contributed by atoms with Crippen molar-refractivity contribution in [2.45, 2.75) is 13.0 Å². The summed E-state index contributed by atoms with van der Waals surface area (Å²) in [4.78, 5) is 4.31. The highest BCUT2D eigenvalue weighted by molar-refractivity contribution is 6.30. The Morgan fingerprint density at radius 3 is 2.62 bits per heavy atom.